The zero-order chi connectivity index (χ0) is 10.7. The first kappa shape index (κ1) is 11.5. The molecule has 0 saturated heterocycles. The molecule has 0 unspecified atom stereocenters. The van der Waals surface area contributed by atoms with Crippen LogP contribution in [0.25, 0.3) is 0 Å². The molecule has 1 rings (SSSR count). The minimum absolute atomic E-state index is 0.596. The molecule has 0 radical (unpaired) electrons. The topological polar surface area (TPSA) is 42.2 Å². The average Bonchev–Trinajstić information content (AvgIpc) is 2.45. The summed E-state index contributed by atoms with van der Waals surface area (Å²) in [6, 6.07) is 0. The summed E-state index contributed by atoms with van der Waals surface area (Å²) < 4.78 is 0. The van der Waals surface area contributed by atoms with Gasteiger partial charge in [-0.15, -0.1) is 11.3 Å². The first-order valence-electron chi connectivity index (χ1n) is 4.92. The number of hydrogen-bond donors (Lipinski definition) is 1. The van der Waals surface area contributed by atoms with Crippen molar-refractivity contribution in [1.29, 1.82) is 0 Å². The number of thiazole rings is 1. The third-order valence-corrected chi connectivity index (χ3v) is 3.33. The molecular formula is C10H19N3S. The lowest BCUT2D eigenvalue weighted by Gasteiger charge is -2.17. The molecular weight excluding hydrogens is 194 g/mol. The Labute approximate surface area is 89.9 Å². The Balaban J connectivity index is 2.75. The Bertz CT molecular complexity index is 294. The van der Waals surface area contributed by atoms with Gasteiger partial charge in [0.1, 0.15) is 0 Å². The van der Waals surface area contributed by atoms with E-state index in [0.717, 1.165) is 17.4 Å². The third-order valence-electron chi connectivity index (χ3n) is 2.03. The van der Waals surface area contributed by atoms with Crippen molar-refractivity contribution in [2.24, 2.45) is 11.7 Å². The number of hydrogen-bond acceptors (Lipinski definition) is 4. The summed E-state index contributed by atoms with van der Waals surface area (Å²) in [5, 5.41) is 1.08. The number of nitrogens with zero attached hydrogens (tertiary/aromatic N) is 2. The summed E-state index contributed by atoms with van der Waals surface area (Å²) in [7, 11) is 2.08. The van der Waals surface area contributed by atoms with Crippen molar-refractivity contribution < 1.29 is 0 Å². The molecule has 0 bridgehead atoms. The first-order valence-corrected chi connectivity index (χ1v) is 5.73. The van der Waals surface area contributed by atoms with Crippen molar-refractivity contribution >= 4 is 16.5 Å². The van der Waals surface area contributed by atoms with Crippen LogP contribution in [0.4, 0.5) is 5.13 Å². The van der Waals surface area contributed by atoms with Gasteiger partial charge in [0.25, 0.3) is 0 Å². The molecule has 0 saturated carbocycles. The van der Waals surface area contributed by atoms with Crippen LogP contribution >= 0.6 is 11.3 Å². The summed E-state index contributed by atoms with van der Waals surface area (Å²) >= 11 is 1.70. The highest BCUT2D eigenvalue weighted by Gasteiger charge is 2.10. The normalized spacial score (nSPS) is 11.0. The van der Waals surface area contributed by atoms with Gasteiger partial charge >= 0.3 is 0 Å². The lowest BCUT2D eigenvalue weighted by molar-refractivity contribution is 0.637. The van der Waals surface area contributed by atoms with Crippen molar-refractivity contribution in [2.45, 2.75) is 27.3 Å². The number of anilines is 1. The third kappa shape index (κ3) is 2.69. The molecule has 0 atom stereocenters. The zero-order valence-electron chi connectivity index (χ0n) is 9.37. The molecule has 1 aromatic heterocycles. The highest BCUT2D eigenvalue weighted by Crippen LogP contribution is 2.25. The maximum atomic E-state index is 5.62. The summed E-state index contributed by atoms with van der Waals surface area (Å²) in [5.41, 5.74) is 6.69. The van der Waals surface area contributed by atoms with E-state index in [9.17, 15) is 0 Å². The second kappa shape index (κ2) is 4.75. The van der Waals surface area contributed by atoms with Gasteiger partial charge in [-0.25, -0.2) is 4.98 Å². The van der Waals surface area contributed by atoms with E-state index in [1.54, 1.807) is 11.3 Å². The van der Waals surface area contributed by atoms with Crippen LogP contribution in [0, 0.1) is 12.8 Å². The largest absolute Gasteiger partial charge is 0.351 e. The van der Waals surface area contributed by atoms with Crippen LogP contribution < -0.4 is 10.6 Å². The second-order valence-corrected chi connectivity index (χ2v) is 5.05. The zero-order valence-corrected chi connectivity index (χ0v) is 10.2. The van der Waals surface area contributed by atoms with Gasteiger partial charge in [0, 0.05) is 25.0 Å². The fourth-order valence-electron chi connectivity index (χ4n) is 1.39. The number of aromatic nitrogens is 1. The molecule has 0 aliphatic rings. The SMILES string of the molecule is Cc1nc(N(C)CC(C)C)sc1CN. The Hall–Kier alpha value is -0.610. The van der Waals surface area contributed by atoms with Gasteiger partial charge in [0.15, 0.2) is 5.13 Å². The van der Waals surface area contributed by atoms with Gasteiger partial charge < -0.3 is 10.6 Å². The molecule has 0 amide bonds. The minimum Gasteiger partial charge on any atom is -0.351 e. The van der Waals surface area contributed by atoms with Crippen LogP contribution in [0.3, 0.4) is 0 Å². The van der Waals surface area contributed by atoms with E-state index in [4.69, 9.17) is 5.73 Å². The molecule has 0 aliphatic heterocycles. The lowest BCUT2D eigenvalue weighted by Crippen LogP contribution is -2.22. The van der Waals surface area contributed by atoms with Gasteiger partial charge in [-0.3, -0.25) is 0 Å². The van der Waals surface area contributed by atoms with E-state index < -0.39 is 0 Å². The predicted octanol–water partition coefficient (Wildman–Crippen LogP) is 2.00. The molecule has 4 heteroatoms. The number of nitrogens with two attached hydrogens (primary N) is 1. The van der Waals surface area contributed by atoms with Crippen molar-refractivity contribution in [3.63, 3.8) is 0 Å². The predicted molar refractivity (Wildman–Crippen MR) is 62.9 cm³/mol. The lowest BCUT2D eigenvalue weighted by atomic mass is 10.2. The highest BCUT2D eigenvalue weighted by molar-refractivity contribution is 7.15. The summed E-state index contributed by atoms with van der Waals surface area (Å²) in [5.74, 6) is 0.658. The van der Waals surface area contributed by atoms with Crippen LogP contribution in [-0.2, 0) is 6.54 Å². The van der Waals surface area contributed by atoms with Crippen molar-refractivity contribution in [3.05, 3.63) is 10.6 Å². The Kier molecular flexibility index (Phi) is 3.89. The Morgan fingerprint density at radius 2 is 2.14 bits per heavy atom. The van der Waals surface area contributed by atoms with Gasteiger partial charge in [-0.05, 0) is 12.8 Å². The minimum atomic E-state index is 0.596. The van der Waals surface area contributed by atoms with E-state index in [2.05, 4.69) is 30.8 Å². The quantitative estimate of drug-likeness (QED) is 0.832. The molecule has 14 heavy (non-hydrogen) atoms. The van der Waals surface area contributed by atoms with Crippen molar-refractivity contribution in [1.82, 2.24) is 4.98 Å². The number of rotatable bonds is 4. The molecule has 0 aliphatic carbocycles. The maximum Gasteiger partial charge on any atom is 0.185 e. The van der Waals surface area contributed by atoms with Crippen LogP contribution in [0.2, 0.25) is 0 Å². The van der Waals surface area contributed by atoms with E-state index >= 15 is 0 Å². The fraction of sp³-hybridized carbons (Fsp3) is 0.700. The van der Waals surface area contributed by atoms with Gasteiger partial charge in [-0.1, -0.05) is 13.8 Å². The molecule has 2 N–H and O–H groups in total. The van der Waals surface area contributed by atoms with E-state index in [1.165, 1.54) is 4.88 Å². The molecule has 0 spiro atoms. The maximum absolute atomic E-state index is 5.62. The van der Waals surface area contributed by atoms with E-state index in [1.807, 2.05) is 6.92 Å². The Morgan fingerprint density at radius 1 is 1.50 bits per heavy atom. The molecule has 0 fully saturated rings. The molecule has 3 nitrogen and oxygen atoms in total. The van der Waals surface area contributed by atoms with Crippen LogP contribution in [0.1, 0.15) is 24.4 Å². The molecule has 0 aromatic carbocycles. The van der Waals surface area contributed by atoms with Gasteiger partial charge in [-0.2, -0.15) is 0 Å². The van der Waals surface area contributed by atoms with Crippen molar-refractivity contribution in [2.75, 3.05) is 18.5 Å². The van der Waals surface area contributed by atoms with Crippen LogP contribution in [-0.4, -0.2) is 18.6 Å². The molecule has 80 valence electrons. The molecule has 1 heterocycles. The van der Waals surface area contributed by atoms with E-state index in [0.29, 0.717) is 12.5 Å². The summed E-state index contributed by atoms with van der Waals surface area (Å²) in [6.07, 6.45) is 0. The smallest absolute Gasteiger partial charge is 0.185 e. The number of aryl methyl sites for hydroxylation is 1. The van der Waals surface area contributed by atoms with Crippen molar-refractivity contribution in [3.8, 4) is 0 Å². The average molecular weight is 213 g/mol. The Morgan fingerprint density at radius 3 is 2.57 bits per heavy atom. The van der Waals surface area contributed by atoms with E-state index in [-0.39, 0.29) is 0 Å². The molecule has 1 aromatic rings. The first-order chi connectivity index (χ1) is 6.54. The summed E-state index contributed by atoms with van der Waals surface area (Å²) in [6.45, 7) is 8.07. The standard InChI is InChI=1S/C10H19N3S/c1-7(2)6-13(4)10-12-8(3)9(5-11)14-10/h7H,5-6,11H2,1-4H3. The van der Waals surface area contributed by atoms with Gasteiger partial charge in [0.05, 0.1) is 5.69 Å². The highest BCUT2D eigenvalue weighted by atomic mass is 32.1. The van der Waals surface area contributed by atoms with Crippen LogP contribution in [0.15, 0.2) is 0 Å². The van der Waals surface area contributed by atoms with Crippen LogP contribution in [0.5, 0.6) is 0 Å². The monoisotopic (exact) mass is 213 g/mol. The van der Waals surface area contributed by atoms with Gasteiger partial charge in [0.2, 0.25) is 0 Å². The second-order valence-electron chi connectivity index (χ2n) is 3.98. The fourth-order valence-corrected chi connectivity index (χ4v) is 2.30. The summed E-state index contributed by atoms with van der Waals surface area (Å²) in [4.78, 5) is 7.89.